The average molecular weight is 308 g/mol. The molecule has 1 aliphatic heterocycles. The molecule has 2 rings (SSSR count). The van der Waals surface area contributed by atoms with Gasteiger partial charge in [0.05, 0.1) is 0 Å². The molecule has 2 amide bonds. The highest BCUT2D eigenvalue weighted by atomic mass is 35.5. The van der Waals surface area contributed by atoms with Gasteiger partial charge < -0.3 is 4.90 Å². The normalized spacial score (nSPS) is 14.9. The first kappa shape index (κ1) is 15.5. The summed E-state index contributed by atoms with van der Waals surface area (Å²) in [5.74, 6) is -0.224. The molecular formula is C15H18ClN3O2. The Morgan fingerprint density at radius 3 is 2.57 bits per heavy atom. The van der Waals surface area contributed by atoms with Gasteiger partial charge in [0.1, 0.15) is 5.71 Å². The molecule has 112 valence electrons. The highest BCUT2D eigenvalue weighted by Crippen LogP contribution is 2.20. The second-order valence-corrected chi connectivity index (χ2v) is 5.33. The molecule has 0 saturated heterocycles. The lowest BCUT2D eigenvalue weighted by Crippen LogP contribution is -2.41. The van der Waals surface area contributed by atoms with Crippen LogP contribution in [0.5, 0.6) is 0 Å². The van der Waals surface area contributed by atoms with Gasteiger partial charge in [0, 0.05) is 37.1 Å². The summed E-state index contributed by atoms with van der Waals surface area (Å²) in [5, 5.41) is 5.96. The first-order chi connectivity index (χ1) is 10.0. The van der Waals surface area contributed by atoms with Gasteiger partial charge in [-0.1, -0.05) is 18.5 Å². The van der Waals surface area contributed by atoms with Crippen LogP contribution >= 0.6 is 11.6 Å². The Morgan fingerprint density at radius 1 is 1.33 bits per heavy atom. The summed E-state index contributed by atoms with van der Waals surface area (Å²) in [5.41, 5.74) is 1.20. The van der Waals surface area contributed by atoms with Crippen LogP contribution in [0.3, 0.4) is 0 Å². The van der Waals surface area contributed by atoms with Crippen LogP contribution in [0.2, 0.25) is 5.02 Å². The van der Waals surface area contributed by atoms with Gasteiger partial charge in [0.2, 0.25) is 5.91 Å². The molecule has 1 aliphatic rings. The van der Waals surface area contributed by atoms with Gasteiger partial charge in [-0.05, 0) is 30.7 Å². The van der Waals surface area contributed by atoms with E-state index in [9.17, 15) is 9.59 Å². The van der Waals surface area contributed by atoms with Crippen molar-refractivity contribution in [2.75, 3.05) is 18.5 Å². The lowest BCUT2D eigenvalue weighted by atomic mass is 10.1. The zero-order valence-corrected chi connectivity index (χ0v) is 12.9. The van der Waals surface area contributed by atoms with E-state index in [1.54, 1.807) is 24.1 Å². The summed E-state index contributed by atoms with van der Waals surface area (Å²) < 4.78 is 0. The maximum Gasteiger partial charge on any atom is 0.274 e. The molecular weight excluding hydrogens is 290 g/mol. The van der Waals surface area contributed by atoms with Crippen molar-refractivity contribution in [2.24, 2.45) is 5.10 Å². The molecule has 0 unspecified atom stereocenters. The average Bonchev–Trinajstić information content (AvgIpc) is 2.48. The molecule has 21 heavy (non-hydrogen) atoms. The van der Waals surface area contributed by atoms with Crippen LogP contribution in [-0.4, -0.2) is 36.1 Å². The number of carbonyl (C=O) groups is 2. The zero-order chi connectivity index (χ0) is 15.4. The van der Waals surface area contributed by atoms with E-state index in [4.69, 9.17) is 11.6 Å². The van der Waals surface area contributed by atoms with Gasteiger partial charge in [-0.2, -0.15) is 5.10 Å². The minimum atomic E-state index is -0.154. The van der Waals surface area contributed by atoms with Crippen molar-refractivity contribution in [3.63, 3.8) is 0 Å². The van der Waals surface area contributed by atoms with Crippen LogP contribution in [0.4, 0.5) is 5.69 Å². The Kier molecular flexibility index (Phi) is 4.96. The molecule has 0 saturated carbocycles. The smallest absolute Gasteiger partial charge is 0.274 e. The third-order valence-corrected chi connectivity index (χ3v) is 3.54. The maximum atomic E-state index is 12.7. The van der Waals surface area contributed by atoms with E-state index in [-0.39, 0.29) is 11.8 Å². The van der Waals surface area contributed by atoms with Crippen molar-refractivity contribution in [1.82, 2.24) is 5.01 Å². The van der Waals surface area contributed by atoms with Crippen LogP contribution < -0.4 is 4.90 Å². The van der Waals surface area contributed by atoms with Crippen molar-refractivity contribution < 1.29 is 9.59 Å². The molecule has 0 radical (unpaired) electrons. The highest BCUT2D eigenvalue weighted by molar-refractivity contribution is 6.44. The van der Waals surface area contributed by atoms with E-state index in [1.165, 1.54) is 5.01 Å². The van der Waals surface area contributed by atoms with Gasteiger partial charge in [-0.25, -0.2) is 5.01 Å². The number of benzene rings is 1. The van der Waals surface area contributed by atoms with Gasteiger partial charge >= 0.3 is 0 Å². The van der Waals surface area contributed by atoms with E-state index in [0.717, 1.165) is 12.1 Å². The number of halogens is 1. The summed E-state index contributed by atoms with van der Waals surface area (Å²) in [7, 11) is 1.57. The molecule has 1 aromatic rings. The van der Waals surface area contributed by atoms with Crippen molar-refractivity contribution in [2.45, 2.75) is 26.2 Å². The van der Waals surface area contributed by atoms with Crippen molar-refractivity contribution in [3.05, 3.63) is 29.3 Å². The Bertz CT molecular complexity index is 569. The van der Waals surface area contributed by atoms with Gasteiger partial charge in [-0.15, -0.1) is 0 Å². The van der Waals surface area contributed by atoms with Gasteiger partial charge in [-0.3, -0.25) is 9.59 Å². The minimum Gasteiger partial charge on any atom is -0.307 e. The standard InChI is InChI=1S/C15H18ClN3O2/c1-3-10-19(12-6-4-11(16)5-7-12)15(21)13-8-9-14(20)18(2)17-13/h4-7H,3,8-10H2,1-2H3. The second-order valence-electron chi connectivity index (χ2n) is 4.90. The van der Waals surface area contributed by atoms with Crippen LogP contribution in [0, 0.1) is 0 Å². The first-order valence-corrected chi connectivity index (χ1v) is 7.32. The summed E-state index contributed by atoms with van der Waals surface area (Å²) in [6, 6.07) is 7.14. The van der Waals surface area contributed by atoms with Crippen LogP contribution in [0.15, 0.2) is 29.4 Å². The number of carbonyl (C=O) groups excluding carboxylic acids is 2. The molecule has 0 N–H and O–H groups in total. The zero-order valence-electron chi connectivity index (χ0n) is 12.2. The Morgan fingerprint density at radius 2 is 2.00 bits per heavy atom. The summed E-state index contributed by atoms with van der Waals surface area (Å²) in [6.45, 7) is 2.60. The maximum absolute atomic E-state index is 12.7. The summed E-state index contributed by atoms with van der Waals surface area (Å²) in [6.07, 6.45) is 1.54. The third-order valence-electron chi connectivity index (χ3n) is 3.28. The monoisotopic (exact) mass is 307 g/mol. The van der Waals surface area contributed by atoms with Crippen LogP contribution in [0.25, 0.3) is 0 Å². The molecule has 0 aromatic heterocycles. The Labute approximate surface area is 129 Å². The fourth-order valence-corrected chi connectivity index (χ4v) is 2.30. The quantitative estimate of drug-likeness (QED) is 0.858. The summed E-state index contributed by atoms with van der Waals surface area (Å²) in [4.78, 5) is 25.8. The number of hydrogen-bond acceptors (Lipinski definition) is 3. The van der Waals surface area contributed by atoms with E-state index in [0.29, 0.717) is 30.1 Å². The van der Waals surface area contributed by atoms with Crippen LogP contribution in [0.1, 0.15) is 26.2 Å². The van der Waals surface area contributed by atoms with Crippen molar-refractivity contribution in [1.29, 1.82) is 0 Å². The van der Waals surface area contributed by atoms with Gasteiger partial charge in [0.25, 0.3) is 5.91 Å². The Balaban J connectivity index is 2.25. The van der Waals surface area contributed by atoms with Crippen molar-refractivity contribution >= 4 is 34.8 Å². The Hall–Kier alpha value is -1.88. The van der Waals surface area contributed by atoms with Gasteiger partial charge in [0.15, 0.2) is 0 Å². The minimum absolute atomic E-state index is 0.0694. The largest absolute Gasteiger partial charge is 0.307 e. The molecule has 6 heteroatoms. The lowest BCUT2D eigenvalue weighted by molar-refractivity contribution is -0.130. The fraction of sp³-hybridized carbons (Fsp3) is 0.400. The predicted molar refractivity (Wildman–Crippen MR) is 83.5 cm³/mol. The first-order valence-electron chi connectivity index (χ1n) is 6.94. The van der Waals surface area contributed by atoms with E-state index in [1.807, 2.05) is 19.1 Å². The molecule has 5 nitrogen and oxygen atoms in total. The SMILES string of the molecule is CCCN(C(=O)C1=NN(C)C(=O)CC1)c1ccc(Cl)cc1. The second kappa shape index (κ2) is 6.72. The van der Waals surface area contributed by atoms with E-state index in [2.05, 4.69) is 5.10 Å². The number of anilines is 1. The van der Waals surface area contributed by atoms with Crippen LogP contribution in [-0.2, 0) is 9.59 Å². The fourth-order valence-electron chi connectivity index (χ4n) is 2.17. The number of hydrogen-bond donors (Lipinski definition) is 0. The highest BCUT2D eigenvalue weighted by Gasteiger charge is 2.26. The third kappa shape index (κ3) is 3.61. The molecule has 0 fully saturated rings. The lowest BCUT2D eigenvalue weighted by Gasteiger charge is -2.26. The number of rotatable bonds is 4. The number of hydrazone groups is 1. The van der Waals surface area contributed by atoms with E-state index < -0.39 is 0 Å². The van der Waals surface area contributed by atoms with Crippen molar-refractivity contribution in [3.8, 4) is 0 Å². The molecule has 0 spiro atoms. The summed E-state index contributed by atoms with van der Waals surface area (Å²) >= 11 is 5.89. The topological polar surface area (TPSA) is 53.0 Å². The molecule has 0 bridgehead atoms. The number of nitrogens with zero attached hydrogens (tertiary/aromatic N) is 3. The predicted octanol–water partition coefficient (Wildman–Crippen LogP) is 2.69. The molecule has 1 heterocycles. The number of amides is 2. The molecule has 0 aliphatic carbocycles. The molecule has 0 atom stereocenters. The van der Waals surface area contributed by atoms with E-state index >= 15 is 0 Å². The molecule has 1 aromatic carbocycles.